The van der Waals surface area contributed by atoms with Crippen molar-refractivity contribution in [2.24, 2.45) is 0 Å². The largest absolute Gasteiger partial charge is 0.496 e. The van der Waals surface area contributed by atoms with Crippen LogP contribution in [0.3, 0.4) is 0 Å². The minimum absolute atomic E-state index is 0.142. The lowest BCUT2D eigenvalue weighted by molar-refractivity contribution is 0.0982. The number of carbonyl (C=O) groups is 1. The van der Waals surface area contributed by atoms with Crippen LogP contribution < -0.4 is 18.9 Å². The third kappa shape index (κ3) is 4.58. The third-order valence-electron chi connectivity index (χ3n) is 4.26. The summed E-state index contributed by atoms with van der Waals surface area (Å²) in [6.07, 6.45) is 3.51. The molecule has 2 aromatic carbocycles. The predicted octanol–water partition coefficient (Wildman–Crippen LogP) is 3.06. The van der Waals surface area contributed by atoms with Crippen molar-refractivity contribution in [3.8, 4) is 17.2 Å². The van der Waals surface area contributed by atoms with Gasteiger partial charge in [-0.2, -0.15) is 5.10 Å². The zero-order valence-electron chi connectivity index (χ0n) is 16.5. The van der Waals surface area contributed by atoms with Gasteiger partial charge < -0.3 is 14.2 Å². The quantitative estimate of drug-likeness (QED) is 0.568. The van der Waals surface area contributed by atoms with Crippen LogP contribution in [0.5, 0.6) is 17.2 Å². The molecule has 30 heavy (non-hydrogen) atoms. The highest BCUT2D eigenvalue weighted by atomic mass is 35.5. The molecule has 1 atom stereocenters. The highest BCUT2D eigenvalue weighted by molar-refractivity contribution is 7.84. The van der Waals surface area contributed by atoms with Gasteiger partial charge in [0.25, 0.3) is 5.91 Å². The first-order valence-corrected chi connectivity index (χ1v) is 10.3. The molecule has 1 aromatic heterocycles. The van der Waals surface area contributed by atoms with E-state index in [0.29, 0.717) is 12.3 Å². The molecular formula is C20H20ClN3O5S. The van der Waals surface area contributed by atoms with E-state index in [9.17, 15) is 9.00 Å². The second-order valence-corrected chi connectivity index (χ2v) is 7.60. The fourth-order valence-corrected chi connectivity index (χ4v) is 4.20. The number of nitrogens with zero attached hydrogens (tertiary/aromatic N) is 2. The average Bonchev–Trinajstić information content (AvgIpc) is 3.26. The van der Waals surface area contributed by atoms with Gasteiger partial charge in [-0.05, 0) is 30.3 Å². The molecule has 3 rings (SSSR count). The van der Waals surface area contributed by atoms with Crippen molar-refractivity contribution >= 4 is 28.5 Å². The summed E-state index contributed by atoms with van der Waals surface area (Å²) >= 11 is 6.12. The number of ether oxygens (including phenoxy) is 3. The zero-order chi connectivity index (χ0) is 21.7. The van der Waals surface area contributed by atoms with E-state index in [4.69, 9.17) is 25.8 Å². The molecule has 0 saturated heterocycles. The standard InChI is InChI=1S/C20H20ClN3O5S/c1-27-16-8-7-15(21)18(29-3)19(16)30(26)23-20(25)13-5-6-14(17(11-13)28-2)12-24-10-4-9-22-24/h4-11H,12H2,1-3H3,(H,23,25). The van der Waals surface area contributed by atoms with Crippen LogP contribution >= 0.6 is 11.6 Å². The molecule has 0 radical (unpaired) electrons. The molecular weight excluding hydrogens is 430 g/mol. The topological polar surface area (TPSA) is 91.7 Å². The number of carbonyl (C=O) groups excluding carboxylic acids is 1. The predicted molar refractivity (Wildman–Crippen MR) is 113 cm³/mol. The van der Waals surface area contributed by atoms with Crippen molar-refractivity contribution in [2.45, 2.75) is 11.4 Å². The molecule has 0 aliphatic heterocycles. The smallest absolute Gasteiger partial charge is 0.263 e. The van der Waals surface area contributed by atoms with E-state index in [0.717, 1.165) is 5.56 Å². The highest BCUT2D eigenvalue weighted by Crippen LogP contribution is 2.37. The SMILES string of the molecule is COc1cc(C(=O)NS(=O)c2c(OC)ccc(Cl)c2OC)ccc1Cn1cccn1. The second-order valence-electron chi connectivity index (χ2n) is 6.04. The zero-order valence-corrected chi connectivity index (χ0v) is 18.1. The second kappa shape index (κ2) is 9.64. The van der Waals surface area contributed by atoms with Gasteiger partial charge in [-0.15, -0.1) is 0 Å². The van der Waals surface area contributed by atoms with E-state index in [1.807, 2.05) is 12.3 Å². The summed E-state index contributed by atoms with van der Waals surface area (Å²) in [7, 11) is 2.36. The van der Waals surface area contributed by atoms with Crippen LogP contribution in [0.25, 0.3) is 0 Å². The fraction of sp³-hybridized carbons (Fsp3) is 0.200. The van der Waals surface area contributed by atoms with Gasteiger partial charge in [0.2, 0.25) is 0 Å². The molecule has 8 nitrogen and oxygen atoms in total. The van der Waals surface area contributed by atoms with E-state index in [-0.39, 0.29) is 27.0 Å². The van der Waals surface area contributed by atoms with Crippen molar-refractivity contribution < 1.29 is 23.2 Å². The van der Waals surface area contributed by atoms with Crippen LogP contribution in [0.1, 0.15) is 15.9 Å². The highest BCUT2D eigenvalue weighted by Gasteiger charge is 2.22. The molecule has 10 heteroatoms. The summed E-state index contributed by atoms with van der Waals surface area (Å²) in [6.45, 7) is 0.487. The van der Waals surface area contributed by atoms with E-state index < -0.39 is 16.9 Å². The maximum Gasteiger partial charge on any atom is 0.263 e. The Labute approximate surface area is 181 Å². The lowest BCUT2D eigenvalue weighted by Crippen LogP contribution is -2.26. The summed E-state index contributed by atoms with van der Waals surface area (Å²) in [5, 5.41) is 4.41. The van der Waals surface area contributed by atoms with Crippen LogP contribution in [0.2, 0.25) is 5.02 Å². The van der Waals surface area contributed by atoms with E-state index in [1.54, 1.807) is 41.2 Å². The van der Waals surface area contributed by atoms with Crippen LogP contribution in [-0.4, -0.2) is 41.2 Å². The lowest BCUT2D eigenvalue weighted by Gasteiger charge is -2.15. The molecule has 0 fully saturated rings. The van der Waals surface area contributed by atoms with Gasteiger partial charge in [0.15, 0.2) is 16.7 Å². The minimum atomic E-state index is -1.98. The Bertz CT molecular complexity index is 1070. The summed E-state index contributed by atoms with van der Waals surface area (Å²) in [6, 6.07) is 9.90. The molecule has 0 saturated carbocycles. The first kappa shape index (κ1) is 21.7. The molecule has 0 bridgehead atoms. The molecule has 1 unspecified atom stereocenters. The van der Waals surface area contributed by atoms with Crippen molar-refractivity contribution in [1.82, 2.24) is 14.5 Å². The van der Waals surface area contributed by atoms with Crippen LogP contribution in [0.4, 0.5) is 0 Å². The summed E-state index contributed by atoms with van der Waals surface area (Å²) in [4.78, 5) is 12.9. The Morgan fingerprint density at radius 1 is 1.13 bits per heavy atom. The van der Waals surface area contributed by atoms with Gasteiger partial charge in [-0.1, -0.05) is 17.7 Å². The number of hydrogen-bond donors (Lipinski definition) is 1. The molecule has 1 N–H and O–H groups in total. The number of benzene rings is 2. The maximum absolute atomic E-state index is 12.9. The molecule has 1 amide bonds. The van der Waals surface area contributed by atoms with Crippen molar-refractivity contribution in [2.75, 3.05) is 21.3 Å². The van der Waals surface area contributed by atoms with Crippen molar-refractivity contribution in [1.29, 1.82) is 0 Å². The molecule has 3 aromatic rings. The van der Waals surface area contributed by atoms with E-state index in [1.165, 1.54) is 21.3 Å². The van der Waals surface area contributed by atoms with Gasteiger partial charge in [-0.25, -0.2) is 4.21 Å². The van der Waals surface area contributed by atoms with Crippen molar-refractivity contribution in [3.05, 3.63) is 64.9 Å². The molecule has 0 spiro atoms. The van der Waals surface area contributed by atoms with Gasteiger partial charge in [0, 0.05) is 23.5 Å². The summed E-state index contributed by atoms with van der Waals surface area (Å²) in [5.41, 5.74) is 1.13. The number of hydrogen-bond acceptors (Lipinski definition) is 6. The number of rotatable bonds is 8. The number of nitrogens with one attached hydrogen (secondary N) is 1. The normalized spacial score (nSPS) is 11.6. The maximum atomic E-state index is 12.9. The lowest BCUT2D eigenvalue weighted by atomic mass is 10.1. The van der Waals surface area contributed by atoms with Crippen LogP contribution in [0, 0.1) is 0 Å². The van der Waals surface area contributed by atoms with E-state index >= 15 is 0 Å². The first-order valence-electron chi connectivity index (χ1n) is 8.76. The number of methoxy groups -OCH3 is 3. The van der Waals surface area contributed by atoms with Gasteiger partial charge in [0.05, 0.1) is 32.9 Å². The molecule has 158 valence electrons. The Morgan fingerprint density at radius 2 is 1.90 bits per heavy atom. The van der Waals surface area contributed by atoms with Crippen LogP contribution in [0.15, 0.2) is 53.7 Å². The monoisotopic (exact) mass is 449 g/mol. The van der Waals surface area contributed by atoms with Gasteiger partial charge in [0.1, 0.15) is 16.4 Å². The Kier molecular flexibility index (Phi) is 6.96. The number of halogens is 1. The number of aromatic nitrogens is 2. The van der Waals surface area contributed by atoms with Gasteiger partial charge in [-0.3, -0.25) is 14.2 Å². The Morgan fingerprint density at radius 3 is 2.53 bits per heavy atom. The summed E-state index contributed by atoms with van der Waals surface area (Å²) in [5.74, 6) is 0.409. The van der Waals surface area contributed by atoms with Gasteiger partial charge >= 0.3 is 0 Å². The average molecular weight is 450 g/mol. The van der Waals surface area contributed by atoms with E-state index in [2.05, 4.69) is 9.82 Å². The fourth-order valence-electron chi connectivity index (χ4n) is 2.83. The molecule has 0 aliphatic rings. The van der Waals surface area contributed by atoms with Crippen LogP contribution in [-0.2, 0) is 17.5 Å². The first-order chi connectivity index (χ1) is 14.5. The molecule has 1 heterocycles. The Balaban J connectivity index is 1.84. The van der Waals surface area contributed by atoms with Crippen molar-refractivity contribution in [3.63, 3.8) is 0 Å². The summed E-state index contributed by atoms with van der Waals surface area (Å²) < 4.78 is 33.0. The Hall–Kier alpha value is -3.04. The minimum Gasteiger partial charge on any atom is -0.496 e. The number of amides is 1. The molecule has 0 aliphatic carbocycles. The third-order valence-corrected chi connectivity index (χ3v) is 5.69.